The summed E-state index contributed by atoms with van der Waals surface area (Å²) >= 11 is 0. The Morgan fingerprint density at radius 2 is 2.11 bits per heavy atom. The Kier molecular flexibility index (Phi) is 2.71. The van der Waals surface area contributed by atoms with Gasteiger partial charge >= 0.3 is 5.63 Å². The number of nitrogens with zero attached hydrogens (tertiary/aromatic N) is 2. The van der Waals surface area contributed by atoms with E-state index in [2.05, 4.69) is 11.1 Å². The van der Waals surface area contributed by atoms with E-state index in [0.29, 0.717) is 12.1 Å². The second-order valence-corrected chi connectivity index (χ2v) is 4.78. The number of hydrogen-bond donors (Lipinski definition) is 0. The van der Waals surface area contributed by atoms with Crippen molar-refractivity contribution < 1.29 is 4.42 Å². The summed E-state index contributed by atoms with van der Waals surface area (Å²) in [7, 11) is 0. The van der Waals surface area contributed by atoms with Crippen molar-refractivity contribution in [3.05, 3.63) is 64.0 Å². The summed E-state index contributed by atoms with van der Waals surface area (Å²) in [4.78, 5) is 15.7. The van der Waals surface area contributed by atoms with Crippen molar-refractivity contribution in [3.63, 3.8) is 0 Å². The van der Waals surface area contributed by atoms with Gasteiger partial charge in [-0.1, -0.05) is 6.07 Å². The van der Waals surface area contributed by atoms with Crippen molar-refractivity contribution in [2.45, 2.75) is 20.4 Å². The Bertz CT molecular complexity index is 786. The number of aromatic nitrogens is 2. The van der Waals surface area contributed by atoms with Gasteiger partial charge in [0.1, 0.15) is 5.58 Å². The van der Waals surface area contributed by atoms with E-state index in [-0.39, 0.29) is 5.63 Å². The highest BCUT2D eigenvalue weighted by molar-refractivity contribution is 5.84. The largest absolute Gasteiger partial charge is 0.423 e. The van der Waals surface area contributed by atoms with Gasteiger partial charge < -0.3 is 8.98 Å². The average molecular weight is 254 g/mol. The predicted molar refractivity (Wildman–Crippen MR) is 73.3 cm³/mol. The van der Waals surface area contributed by atoms with Gasteiger partial charge in [-0.2, -0.15) is 0 Å². The molecule has 0 radical (unpaired) electrons. The van der Waals surface area contributed by atoms with Gasteiger partial charge in [-0.3, -0.25) is 0 Å². The molecule has 2 aromatic heterocycles. The maximum absolute atomic E-state index is 11.7. The molecule has 4 heteroatoms. The summed E-state index contributed by atoms with van der Waals surface area (Å²) in [5.41, 5.74) is 3.51. The predicted octanol–water partition coefficient (Wildman–Crippen LogP) is 2.65. The van der Waals surface area contributed by atoms with Crippen LogP contribution < -0.4 is 5.63 Å². The fourth-order valence-electron chi connectivity index (χ4n) is 2.47. The maximum Gasteiger partial charge on any atom is 0.336 e. The molecule has 0 unspecified atom stereocenters. The second-order valence-electron chi connectivity index (χ2n) is 4.78. The van der Waals surface area contributed by atoms with Gasteiger partial charge in [0.15, 0.2) is 0 Å². The molecule has 0 saturated carbocycles. The first kappa shape index (κ1) is 11.7. The van der Waals surface area contributed by atoms with E-state index < -0.39 is 0 Å². The fraction of sp³-hybridized carbons (Fsp3) is 0.200. The molecular formula is C15H14N2O2. The van der Waals surface area contributed by atoms with Gasteiger partial charge in [-0.05, 0) is 36.6 Å². The number of aryl methyl sites for hydroxylation is 2. The third-order valence-electron chi connectivity index (χ3n) is 3.18. The molecule has 3 rings (SSSR count). The van der Waals surface area contributed by atoms with E-state index in [1.807, 2.05) is 30.7 Å². The minimum absolute atomic E-state index is 0.312. The van der Waals surface area contributed by atoms with Gasteiger partial charge in [-0.25, -0.2) is 9.78 Å². The lowest BCUT2D eigenvalue weighted by atomic mass is 10.0. The molecule has 0 bridgehead atoms. The first-order chi connectivity index (χ1) is 9.13. The maximum atomic E-state index is 11.7. The van der Waals surface area contributed by atoms with E-state index in [1.54, 1.807) is 18.6 Å². The molecule has 4 nitrogen and oxygen atoms in total. The van der Waals surface area contributed by atoms with Gasteiger partial charge in [0.05, 0.1) is 6.33 Å². The molecule has 2 heterocycles. The van der Waals surface area contributed by atoms with Crippen LogP contribution in [0, 0.1) is 13.8 Å². The smallest absolute Gasteiger partial charge is 0.336 e. The third-order valence-corrected chi connectivity index (χ3v) is 3.18. The number of fused-ring (bicyclic) bond motifs is 1. The summed E-state index contributed by atoms with van der Waals surface area (Å²) in [5.74, 6) is 0. The molecule has 96 valence electrons. The van der Waals surface area contributed by atoms with Crippen molar-refractivity contribution >= 4 is 11.0 Å². The summed E-state index contributed by atoms with van der Waals surface area (Å²) in [6, 6.07) is 5.56. The van der Waals surface area contributed by atoms with Crippen LogP contribution >= 0.6 is 0 Å². The molecule has 3 aromatic rings. The van der Waals surface area contributed by atoms with Crippen molar-refractivity contribution in [3.8, 4) is 0 Å². The van der Waals surface area contributed by atoms with Crippen LogP contribution in [0.4, 0.5) is 0 Å². The lowest BCUT2D eigenvalue weighted by Gasteiger charge is -2.09. The molecule has 0 N–H and O–H groups in total. The van der Waals surface area contributed by atoms with Gasteiger partial charge in [0.2, 0.25) is 0 Å². The highest BCUT2D eigenvalue weighted by Crippen LogP contribution is 2.23. The van der Waals surface area contributed by atoms with E-state index in [0.717, 1.165) is 22.1 Å². The van der Waals surface area contributed by atoms with Gasteiger partial charge in [-0.15, -0.1) is 0 Å². The monoisotopic (exact) mass is 254 g/mol. The van der Waals surface area contributed by atoms with Crippen molar-refractivity contribution in [2.24, 2.45) is 0 Å². The van der Waals surface area contributed by atoms with Crippen LogP contribution in [0.25, 0.3) is 11.0 Å². The van der Waals surface area contributed by atoms with Gasteiger partial charge in [0.25, 0.3) is 0 Å². The summed E-state index contributed by atoms with van der Waals surface area (Å²) in [5, 5.41) is 1.01. The van der Waals surface area contributed by atoms with Crippen LogP contribution in [0.2, 0.25) is 0 Å². The SMILES string of the molecule is Cc1cc(C)c2c(Cn3ccnc3)cc(=O)oc2c1. The molecule has 0 spiro atoms. The Morgan fingerprint density at radius 1 is 1.26 bits per heavy atom. The highest BCUT2D eigenvalue weighted by Gasteiger charge is 2.09. The number of hydrogen-bond acceptors (Lipinski definition) is 3. The molecule has 0 atom stereocenters. The first-order valence-corrected chi connectivity index (χ1v) is 6.13. The molecule has 1 aromatic carbocycles. The van der Waals surface area contributed by atoms with Crippen LogP contribution in [0.3, 0.4) is 0 Å². The van der Waals surface area contributed by atoms with Gasteiger partial charge in [0, 0.05) is 30.4 Å². The highest BCUT2D eigenvalue weighted by atomic mass is 16.4. The quantitative estimate of drug-likeness (QED) is 0.660. The molecule has 0 aliphatic heterocycles. The van der Waals surface area contributed by atoms with Crippen LogP contribution in [-0.4, -0.2) is 9.55 Å². The summed E-state index contributed by atoms with van der Waals surface area (Å²) < 4.78 is 7.24. The summed E-state index contributed by atoms with van der Waals surface area (Å²) in [6.07, 6.45) is 5.35. The Balaban J connectivity index is 2.25. The molecular weight excluding hydrogens is 240 g/mol. The zero-order chi connectivity index (χ0) is 13.4. The van der Waals surface area contributed by atoms with Crippen LogP contribution in [0.5, 0.6) is 0 Å². The third kappa shape index (κ3) is 2.17. The Morgan fingerprint density at radius 3 is 2.84 bits per heavy atom. The van der Waals surface area contributed by atoms with E-state index in [1.165, 1.54) is 0 Å². The normalized spacial score (nSPS) is 11.1. The topological polar surface area (TPSA) is 48.0 Å². The molecule has 19 heavy (non-hydrogen) atoms. The van der Waals surface area contributed by atoms with E-state index >= 15 is 0 Å². The number of imidazole rings is 1. The Hall–Kier alpha value is -2.36. The molecule has 0 aliphatic carbocycles. The fourth-order valence-corrected chi connectivity index (χ4v) is 2.47. The van der Waals surface area contributed by atoms with Crippen molar-refractivity contribution in [2.75, 3.05) is 0 Å². The van der Waals surface area contributed by atoms with Crippen LogP contribution in [0.15, 0.2) is 46.1 Å². The minimum atomic E-state index is -0.312. The first-order valence-electron chi connectivity index (χ1n) is 6.13. The van der Waals surface area contributed by atoms with Crippen LogP contribution in [0.1, 0.15) is 16.7 Å². The zero-order valence-corrected chi connectivity index (χ0v) is 10.9. The van der Waals surface area contributed by atoms with Crippen molar-refractivity contribution in [1.29, 1.82) is 0 Å². The number of benzene rings is 1. The minimum Gasteiger partial charge on any atom is -0.423 e. The zero-order valence-electron chi connectivity index (χ0n) is 10.9. The number of rotatable bonds is 2. The molecule has 0 aliphatic rings. The molecule has 0 amide bonds. The lowest BCUT2D eigenvalue weighted by Crippen LogP contribution is -2.05. The standard InChI is InChI=1S/C15H14N2O2/c1-10-5-11(2)15-12(8-17-4-3-16-9-17)7-14(18)19-13(15)6-10/h3-7,9H,8H2,1-2H3. The van der Waals surface area contributed by atoms with Crippen molar-refractivity contribution in [1.82, 2.24) is 9.55 Å². The van der Waals surface area contributed by atoms with E-state index in [9.17, 15) is 4.79 Å². The average Bonchev–Trinajstić information content (AvgIpc) is 2.79. The molecule has 0 fully saturated rings. The Labute approximate surface area is 110 Å². The second kappa shape index (κ2) is 4.39. The van der Waals surface area contributed by atoms with Crippen LogP contribution in [-0.2, 0) is 6.54 Å². The lowest BCUT2D eigenvalue weighted by molar-refractivity contribution is 0.557. The summed E-state index contributed by atoms with van der Waals surface area (Å²) in [6.45, 7) is 4.65. The molecule has 0 saturated heterocycles. The van der Waals surface area contributed by atoms with E-state index in [4.69, 9.17) is 4.42 Å².